The number of hydrogen-bond acceptors (Lipinski definition) is 7. The molecule has 0 radical (unpaired) electrons. The lowest BCUT2D eigenvalue weighted by molar-refractivity contribution is -0.118. The highest BCUT2D eigenvalue weighted by Crippen LogP contribution is 2.21. The summed E-state index contributed by atoms with van der Waals surface area (Å²) in [5.41, 5.74) is 0.987. The molecule has 0 aromatic carbocycles. The summed E-state index contributed by atoms with van der Waals surface area (Å²) in [5.74, 6) is 1.40. The molecule has 9 heteroatoms. The van der Waals surface area contributed by atoms with Gasteiger partial charge in [0.2, 0.25) is 0 Å². The fourth-order valence-electron chi connectivity index (χ4n) is 2.24. The summed E-state index contributed by atoms with van der Waals surface area (Å²) in [6.45, 7) is 0.522. The molecule has 3 rings (SSSR count). The Balaban J connectivity index is 1.70. The van der Waals surface area contributed by atoms with E-state index in [2.05, 4.69) is 0 Å². The number of allylic oxidation sites excluding steroid dienone is 1. The van der Waals surface area contributed by atoms with E-state index in [1.54, 1.807) is 33.4 Å². The SMILES string of the molecule is CSn1cc(CSn2cc(ON3C=CC(=O)CC3)ccc2=S)ccc1=O. The molecule has 0 unspecified atom stereocenters. The number of ketones is 1. The van der Waals surface area contributed by atoms with Crippen LogP contribution in [0.1, 0.15) is 12.0 Å². The van der Waals surface area contributed by atoms with Gasteiger partial charge in [0.05, 0.1) is 12.7 Å². The largest absolute Gasteiger partial charge is 0.379 e. The van der Waals surface area contributed by atoms with Crippen LogP contribution in [0.25, 0.3) is 0 Å². The first-order valence-electron chi connectivity index (χ1n) is 7.83. The molecule has 2 aromatic rings. The Kier molecular flexibility index (Phi) is 6.23. The molecule has 0 bridgehead atoms. The number of carbonyl (C=O) groups excluding carboxylic acids is 1. The summed E-state index contributed by atoms with van der Waals surface area (Å²) < 4.78 is 4.13. The van der Waals surface area contributed by atoms with Gasteiger partial charge < -0.3 is 4.84 Å². The van der Waals surface area contributed by atoms with Crippen LogP contribution in [-0.4, -0.2) is 31.6 Å². The second-order valence-corrected chi connectivity index (χ2v) is 7.57. The lowest BCUT2D eigenvalue weighted by Crippen LogP contribution is -2.27. The van der Waals surface area contributed by atoms with E-state index in [0.29, 0.717) is 29.1 Å². The molecule has 0 amide bonds. The highest BCUT2D eigenvalue weighted by Gasteiger charge is 2.11. The molecule has 0 aliphatic carbocycles. The van der Waals surface area contributed by atoms with Crippen LogP contribution in [0.4, 0.5) is 0 Å². The van der Waals surface area contributed by atoms with E-state index in [1.807, 2.05) is 28.7 Å². The molecule has 6 nitrogen and oxygen atoms in total. The van der Waals surface area contributed by atoms with Crippen LogP contribution in [0.3, 0.4) is 0 Å². The van der Waals surface area contributed by atoms with E-state index < -0.39 is 0 Å². The van der Waals surface area contributed by atoms with Crippen molar-refractivity contribution in [1.29, 1.82) is 0 Å². The van der Waals surface area contributed by atoms with Crippen LogP contribution in [0.15, 0.2) is 53.7 Å². The van der Waals surface area contributed by atoms with E-state index in [0.717, 1.165) is 5.56 Å². The maximum absolute atomic E-state index is 11.7. The molecule has 0 saturated carbocycles. The van der Waals surface area contributed by atoms with Crippen molar-refractivity contribution in [3.63, 3.8) is 0 Å². The second kappa shape index (κ2) is 8.61. The fourth-order valence-corrected chi connectivity index (χ4v) is 3.83. The molecule has 1 aliphatic heterocycles. The molecule has 0 atom stereocenters. The van der Waals surface area contributed by atoms with Crippen LogP contribution in [0, 0.1) is 4.64 Å². The van der Waals surface area contributed by atoms with Crippen molar-refractivity contribution in [2.75, 3.05) is 12.8 Å². The molecule has 26 heavy (non-hydrogen) atoms. The van der Waals surface area contributed by atoms with E-state index >= 15 is 0 Å². The Morgan fingerprint density at radius 2 is 2.00 bits per heavy atom. The van der Waals surface area contributed by atoms with Crippen LogP contribution in [-0.2, 0) is 10.5 Å². The number of nitrogens with zero attached hydrogens (tertiary/aromatic N) is 3. The molecule has 136 valence electrons. The van der Waals surface area contributed by atoms with Crippen LogP contribution >= 0.6 is 36.1 Å². The number of carbonyl (C=O) groups is 1. The van der Waals surface area contributed by atoms with Gasteiger partial charge >= 0.3 is 0 Å². The van der Waals surface area contributed by atoms with E-state index in [9.17, 15) is 9.59 Å². The lowest BCUT2D eigenvalue weighted by Gasteiger charge is -2.22. The third kappa shape index (κ3) is 4.80. The van der Waals surface area contributed by atoms with Crippen molar-refractivity contribution in [1.82, 2.24) is 13.0 Å². The first kappa shape index (κ1) is 18.8. The summed E-state index contributed by atoms with van der Waals surface area (Å²) in [5, 5.41) is 1.63. The first-order valence-corrected chi connectivity index (χ1v) is 10.4. The highest BCUT2D eigenvalue weighted by molar-refractivity contribution is 7.97. The molecule has 3 heterocycles. The molecule has 1 aliphatic rings. The fraction of sp³-hybridized carbons (Fsp3) is 0.235. The summed E-state index contributed by atoms with van der Waals surface area (Å²) in [6, 6.07) is 6.99. The van der Waals surface area contributed by atoms with Gasteiger partial charge in [-0.05, 0) is 41.6 Å². The van der Waals surface area contributed by atoms with Crippen LogP contribution in [0.2, 0.25) is 0 Å². The monoisotopic (exact) mass is 407 g/mol. The zero-order chi connectivity index (χ0) is 18.5. The van der Waals surface area contributed by atoms with Gasteiger partial charge in [-0.2, -0.15) is 0 Å². The number of hydroxylamine groups is 2. The minimum atomic E-state index is -0.0358. The smallest absolute Gasteiger partial charge is 0.260 e. The summed E-state index contributed by atoms with van der Waals surface area (Å²) in [7, 11) is 0. The zero-order valence-corrected chi connectivity index (χ0v) is 16.5. The van der Waals surface area contributed by atoms with Crippen molar-refractivity contribution in [3.8, 4) is 5.75 Å². The Labute approximate surface area is 164 Å². The molecule has 0 spiro atoms. The molecular formula is C17H17N3O3S3. The summed E-state index contributed by atoms with van der Waals surface area (Å²) >= 11 is 8.26. The number of pyridine rings is 2. The van der Waals surface area contributed by atoms with E-state index in [4.69, 9.17) is 17.1 Å². The van der Waals surface area contributed by atoms with Gasteiger partial charge in [0.15, 0.2) is 11.5 Å². The molecule has 2 aromatic heterocycles. The van der Waals surface area contributed by atoms with Gasteiger partial charge in [-0.1, -0.05) is 18.3 Å². The second-order valence-electron chi connectivity index (χ2n) is 5.45. The maximum Gasteiger partial charge on any atom is 0.260 e. The quantitative estimate of drug-likeness (QED) is 0.681. The van der Waals surface area contributed by atoms with Gasteiger partial charge in [0, 0.05) is 43.0 Å². The minimum absolute atomic E-state index is 0.0358. The van der Waals surface area contributed by atoms with Crippen LogP contribution < -0.4 is 10.4 Å². The van der Waals surface area contributed by atoms with Crippen molar-refractivity contribution in [3.05, 3.63) is 69.5 Å². The third-order valence-corrected chi connectivity index (χ3v) is 5.76. The van der Waals surface area contributed by atoms with Crippen molar-refractivity contribution in [2.24, 2.45) is 0 Å². The van der Waals surface area contributed by atoms with Gasteiger partial charge in [0.1, 0.15) is 4.64 Å². The Hall–Kier alpha value is -1.97. The number of rotatable bonds is 6. The summed E-state index contributed by atoms with van der Waals surface area (Å²) in [4.78, 5) is 28.7. The molecular weight excluding hydrogens is 390 g/mol. The summed E-state index contributed by atoms with van der Waals surface area (Å²) in [6.07, 6.45) is 9.10. The normalized spacial score (nSPS) is 13.9. The Morgan fingerprint density at radius 3 is 2.73 bits per heavy atom. The first-order chi connectivity index (χ1) is 12.5. The minimum Gasteiger partial charge on any atom is -0.379 e. The predicted octanol–water partition coefficient (Wildman–Crippen LogP) is 3.28. The van der Waals surface area contributed by atoms with Gasteiger partial charge in [-0.3, -0.25) is 17.5 Å². The van der Waals surface area contributed by atoms with Gasteiger partial charge in [0.25, 0.3) is 5.56 Å². The Morgan fingerprint density at radius 1 is 1.15 bits per heavy atom. The van der Waals surface area contributed by atoms with Gasteiger partial charge in [-0.25, -0.2) is 5.06 Å². The zero-order valence-electron chi connectivity index (χ0n) is 14.0. The maximum atomic E-state index is 11.7. The van der Waals surface area contributed by atoms with E-state index in [-0.39, 0.29) is 11.3 Å². The average molecular weight is 408 g/mol. The predicted molar refractivity (Wildman–Crippen MR) is 108 cm³/mol. The van der Waals surface area contributed by atoms with Crippen LogP contribution in [0.5, 0.6) is 5.75 Å². The third-order valence-electron chi connectivity index (χ3n) is 3.59. The van der Waals surface area contributed by atoms with Crippen molar-refractivity contribution < 1.29 is 9.63 Å². The lowest BCUT2D eigenvalue weighted by atomic mass is 10.2. The molecule has 0 saturated heterocycles. The average Bonchev–Trinajstić information content (AvgIpc) is 2.65. The number of hydrogen-bond donors (Lipinski definition) is 0. The highest BCUT2D eigenvalue weighted by atomic mass is 32.2. The van der Waals surface area contributed by atoms with Gasteiger partial charge in [-0.15, -0.1) is 0 Å². The topological polar surface area (TPSA) is 56.5 Å². The molecule has 0 fully saturated rings. The van der Waals surface area contributed by atoms with E-state index in [1.165, 1.54) is 30.0 Å². The standard InChI is InChI=1S/C17H17N3O3S3/c1-25-19-10-13(2-4-16(19)22)12-26-20-11-15(3-5-17(20)24)23-18-8-6-14(21)7-9-18/h2-6,8,10-11H,7,9,12H2,1H3. The number of aromatic nitrogens is 2. The molecule has 0 N–H and O–H groups in total. The van der Waals surface area contributed by atoms with Crippen molar-refractivity contribution in [2.45, 2.75) is 12.2 Å². The van der Waals surface area contributed by atoms with Crippen molar-refractivity contribution >= 4 is 41.9 Å². The Bertz CT molecular complexity index is 952.